The maximum absolute atomic E-state index is 11.8. The molecule has 2 fully saturated rings. The Bertz CT molecular complexity index is 374. The maximum Gasteiger partial charge on any atom is 0.232 e. The zero-order valence-corrected chi connectivity index (χ0v) is 10.1. The average molecular weight is 238 g/mol. The van der Waals surface area contributed by atoms with E-state index in [1.807, 2.05) is 0 Å². The topological polar surface area (TPSA) is 54.5 Å². The molecule has 0 aromatic rings. The smallest absolute Gasteiger partial charge is 0.232 e. The molecule has 4 heteroatoms. The fourth-order valence-corrected chi connectivity index (χ4v) is 2.76. The van der Waals surface area contributed by atoms with Crippen LogP contribution in [0.2, 0.25) is 0 Å². The van der Waals surface area contributed by atoms with Crippen LogP contribution in [0.15, 0.2) is 0 Å². The molecule has 1 saturated carbocycles. The number of nitrogens with zero attached hydrogens (tertiary/aromatic N) is 1. The van der Waals surface area contributed by atoms with E-state index in [1.54, 1.807) is 6.92 Å². The van der Waals surface area contributed by atoms with Gasteiger partial charge in [-0.1, -0.05) is 6.92 Å². The molecule has 1 aliphatic carbocycles. The lowest BCUT2D eigenvalue weighted by Crippen LogP contribution is -2.36. The quantitative estimate of drug-likeness (QED) is 0.551. The minimum absolute atomic E-state index is 0.0568. The van der Waals surface area contributed by atoms with Gasteiger partial charge in [-0.05, 0) is 31.6 Å². The molecule has 17 heavy (non-hydrogen) atoms. The Morgan fingerprint density at radius 2 is 2.00 bits per heavy atom. The Balaban J connectivity index is 1.87. The van der Waals surface area contributed by atoms with Crippen LogP contribution in [0.25, 0.3) is 0 Å². The number of amides is 2. The van der Waals surface area contributed by atoms with Gasteiger partial charge in [0.25, 0.3) is 0 Å². The molecule has 0 bridgehead atoms. The molecular formula is C13H19NO3. The third-order valence-electron chi connectivity index (χ3n) is 3.92. The van der Waals surface area contributed by atoms with Crippen LogP contribution in [-0.2, 0) is 14.4 Å². The van der Waals surface area contributed by atoms with Crippen LogP contribution in [0.1, 0.15) is 40.4 Å². The molecule has 0 N–H and O–H groups in total. The van der Waals surface area contributed by atoms with Crippen molar-refractivity contribution in [3.63, 3.8) is 0 Å². The SMILES string of the molecule is [2H]C(=O)C1CCC(CN2C(=O)CC(C)C2=O)CC1. The van der Waals surface area contributed by atoms with E-state index < -0.39 is 6.26 Å². The average Bonchev–Trinajstić information content (AvgIpc) is 2.57. The van der Waals surface area contributed by atoms with Crippen LogP contribution in [0.5, 0.6) is 0 Å². The maximum atomic E-state index is 11.8. The largest absolute Gasteiger partial charge is 0.303 e. The number of aldehydes is 1. The summed E-state index contributed by atoms with van der Waals surface area (Å²) in [5.41, 5.74) is 0. The van der Waals surface area contributed by atoms with Crippen molar-refractivity contribution >= 4 is 18.1 Å². The predicted molar refractivity (Wildman–Crippen MR) is 62.0 cm³/mol. The van der Waals surface area contributed by atoms with Crippen molar-refractivity contribution in [2.45, 2.75) is 39.0 Å². The number of imide groups is 1. The summed E-state index contributed by atoms with van der Waals surface area (Å²) in [4.78, 5) is 35.8. The molecule has 0 spiro atoms. The monoisotopic (exact) mass is 238 g/mol. The van der Waals surface area contributed by atoms with Gasteiger partial charge in [0.15, 0.2) is 0 Å². The zero-order chi connectivity index (χ0) is 13.3. The lowest BCUT2D eigenvalue weighted by atomic mass is 9.82. The van der Waals surface area contributed by atoms with Gasteiger partial charge in [0, 0.05) is 24.8 Å². The van der Waals surface area contributed by atoms with Crippen molar-refractivity contribution in [3.8, 4) is 0 Å². The predicted octanol–water partition coefficient (Wildman–Crippen LogP) is 1.39. The molecule has 0 aromatic carbocycles. The lowest BCUT2D eigenvalue weighted by Gasteiger charge is -2.28. The number of hydrogen-bond donors (Lipinski definition) is 0. The Hall–Kier alpha value is -1.19. The summed E-state index contributed by atoms with van der Waals surface area (Å²) in [6.07, 6.45) is 2.97. The van der Waals surface area contributed by atoms with Crippen LogP contribution in [-0.4, -0.2) is 29.5 Å². The summed E-state index contributed by atoms with van der Waals surface area (Å²) < 4.78 is 7.09. The highest BCUT2D eigenvalue weighted by atomic mass is 16.2. The summed E-state index contributed by atoms with van der Waals surface area (Å²) in [6, 6.07) is 0. The Kier molecular flexibility index (Phi) is 3.20. The van der Waals surface area contributed by atoms with Crippen molar-refractivity contribution in [2.24, 2.45) is 17.8 Å². The van der Waals surface area contributed by atoms with Gasteiger partial charge in [-0.15, -0.1) is 0 Å². The molecule has 0 aromatic heterocycles. The van der Waals surface area contributed by atoms with Gasteiger partial charge in [-0.2, -0.15) is 0 Å². The highest BCUT2D eigenvalue weighted by molar-refractivity contribution is 6.03. The van der Waals surface area contributed by atoms with Gasteiger partial charge in [-0.3, -0.25) is 14.5 Å². The number of hydrogen-bond acceptors (Lipinski definition) is 3. The van der Waals surface area contributed by atoms with Crippen molar-refractivity contribution in [3.05, 3.63) is 0 Å². The molecule has 2 rings (SSSR count). The van der Waals surface area contributed by atoms with E-state index in [0.717, 1.165) is 25.7 Å². The number of rotatable bonds is 3. The van der Waals surface area contributed by atoms with Crippen LogP contribution in [0.3, 0.4) is 0 Å². The number of likely N-dealkylation sites (tertiary alicyclic amines) is 1. The lowest BCUT2D eigenvalue weighted by molar-refractivity contribution is -0.140. The van der Waals surface area contributed by atoms with E-state index in [4.69, 9.17) is 1.37 Å². The first-order chi connectivity index (χ1) is 8.49. The molecule has 94 valence electrons. The van der Waals surface area contributed by atoms with Gasteiger partial charge in [0.1, 0.15) is 7.63 Å². The Labute approximate surface area is 103 Å². The number of carbonyl (C=O) groups excluding carboxylic acids is 3. The molecule has 0 radical (unpaired) electrons. The van der Waals surface area contributed by atoms with Gasteiger partial charge in [-0.25, -0.2) is 0 Å². The third kappa shape index (κ3) is 2.56. The molecular weight excluding hydrogens is 218 g/mol. The zero-order valence-electron chi connectivity index (χ0n) is 11.1. The van der Waals surface area contributed by atoms with Gasteiger partial charge in [0.2, 0.25) is 11.8 Å². The third-order valence-corrected chi connectivity index (χ3v) is 3.92. The first-order valence-corrected chi connectivity index (χ1v) is 6.33. The first-order valence-electron chi connectivity index (χ1n) is 6.83. The number of carbonyl (C=O) groups is 3. The molecule has 2 amide bonds. The van der Waals surface area contributed by atoms with Gasteiger partial charge in [0.05, 0.1) is 0 Å². The minimum Gasteiger partial charge on any atom is -0.303 e. The fourth-order valence-electron chi connectivity index (χ4n) is 2.76. The molecule has 1 unspecified atom stereocenters. The molecule has 1 heterocycles. The summed E-state index contributed by atoms with van der Waals surface area (Å²) in [5, 5.41) is 0. The van der Waals surface area contributed by atoms with E-state index >= 15 is 0 Å². The molecule has 1 saturated heterocycles. The molecule has 1 aliphatic heterocycles. The molecule has 4 nitrogen and oxygen atoms in total. The van der Waals surface area contributed by atoms with Crippen LogP contribution < -0.4 is 0 Å². The van der Waals surface area contributed by atoms with Crippen LogP contribution >= 0.6 is 0 Å². The second kappa shape index (κ2) is 4.98. The van der Waals surface area contributed by atoms with E-state index in [2.05, 4.69) is 0 Å². The second-order valence-corrected chi connectivity index (χ2v) is 5.28. The van der Waals surface area contributed by atoms with E-state index in [1.165, 1.54) is 4.90 Å². The van der Waals surface area contributed by atoms with Crippen LogP contribution in [0.4, 0.5) is 0 Å². The van der Waals surface area contributed by atoms with Crippen molar-refractivity contribution in [1.29, 1.82) is 0 Å². The molecule has 2 aliphatic rings. The highest BCUT2D eigenvalue weighted by Gasteiger charge is 2.37. The van der Waals surface area contributed by atoms with E-state index in [9.17, 15) is 14.4 Å². The molecule has 1 atom stereocenters. The Morgan fingerprint density at radius 1 is 1.35 bits per heavy atom. The summed E-state index contributed by atoms with van der Waals surface area (Å²) in [5.74, 6) is -0.127. The normalized spacial score (nSPS) is 35.0. The summed E-state index contributed by atoms with van der Waals surface area (Å²) >= 11 is 0. The standard InChI is InChI=1S/C13H19NO3/c1-9-6-12(16)14(13(9)17)7-10-2-4-11(8-15)5-3-10/h8-11H,2-7H2,1H3/i8D. The second-order valence-electron chi connectivity index (χ2n) is 5.28. The van der Waals surface area contributed by atoms with Gasteiger partial charge >= 0.3 is 0 Å². The van der Waals surface area contributed by atoms with E-state index in [0.29, 0.717) is 18.9 Å². The van der Waals surface area contributed by atoms with Crippen molar-refractivity contribution in [1.82, 2.24) is 4.90 Å². The summed E-state index contributed by atoms with van der Waals surface area (Å²) in [7, 11) is 0. The van der Waals surface area contributed by atoms with Crippen molar-refractivity contribution in [2.75, 3.05) is 6.54 Å². The summed E-state index contributed by atoms with van der Waals surface area (Å²) in [6.45, 7) is 2.29. The minimum atomic E-state index is -0.476. The van der Waals surface area contributed by atoms with Gasteiger partial charge < -0.3 is 4.79 Å². The first kappa shape index (κ1) is 10.9. The highest BCUT2D eigenvalue weighted by Crippen LogP contribution is 2.30. The van der Waals surface area contributed by atoms with Crippen LogP contribution in [0, 0.1) is 17.8 Å². The Morgan fingerprint density at radius 3 is 2.47 bits per heavy atom. The van der Waals surface area contributed by atoms with Crippen molar-refractivity contribution < 1.29 is 15.8 Å². The fraction of sp³-hybridized carbons (Fsp3) is 0.769. The van der Waals surface area contributed by atoms with E-state index in [-0.39, 0.29) is 23.7 Å².